The van der Waals surface area contributed by atoms with Crippen molar-refractivity contribution in [1.82, 2.24) is 9.55 Å². The highest BCUT2D eigenvalue weighted by Crippen LogP contribution is 2.36. The summed E-state index contributed by atoms with van der Waals surface area (Å²) in [6, 6.07) is 0. The van der Waals surface area contributed by atoms with Crippen LogP contribution in [-0.4, -0.2) is 15.5 Å². The lowest BCUT2D eigenvalue weighted by Crippen LogP contribution is -2.18. The van der Waals surface area contributed by atoms with Crippen LogP contribution in [0.1, 0.15) is 73.6 Å². The third-order valence-electron chi connectivity index (χ3n) is 5.46. The van der Waals surface area contributed by atoms with Gasteiger partial charge in [-0.1, -0.05) is 32.6 Å². The molecular formula is C20H29N3OS. The van der Waals surface area contributed by atoms with Crippen LogP contribution in [-0.2, 0) is 13.0 Å². The van der Waals surface area contributed by atoms with Crippen molar-refractivity contribution in [3.05, 3.63) is 28.5 Å². The first-order valence-electron chi connectivity index (χ1n) is 9.55. The molecule has 2 N–H and O–H groups in total. The fraction of sp³-hybridized carbons (Fsp3) is 0.600. The molecule has 0 aromatic carbocycles. The molecule has 1 amide bonds. The van der Waals surface area contributed by atoms with E-state index >= 15 is 0 Å². The maximum Gasteiger partial charge on any atom is 0.251 e. The van der Waals surface area contributed by atoms with E-state index in [1.54, 1.807) is 11.3 Å². The average molecular weight is 360 g/mol. The van der Waals surface area contributed by atoms with Gasteiger partial charge >= 0.3 is 0 Å². The van der Waals surface area contributed by atoms with E-state index in [2.05, 4.69) is 23.4 Å². The Labute approximate surface area is 154 Å². The van der Waals surface area contributed by atoms with Crippen molar-refractivity contribution in [3.8, 4) is 10.6 Å². The number of unbranched alkanes of at least 4 members (excludes halogenated alkanes) is 1. The van der Waals surface area contributed by atoms with Crippen LogP contribution in [0.15, 0.2) is 11.6 Å². The van der Waals surface area contributed by atoms with Gasteiger partial charge in [-0.2, -0.15) is 0 Å². The zero-order valence-corrected chi connectivity index (χ0v) is 16.2. The summed E-state index contributed by atoms with van der Waals surface area (Å²) in [6.07, 6.45) is 11.7. The molecule has 1 saturated carbocycles. The van der Waals surface area contributed by atoms with E-state index in [9.17, 15) is 4.79 Å². The first-order valence-corrected chi connectivity index (χ1v) is 10.4. The Morgan fingerprint density at radius 3 is 2.72 bits per heavy atom. The standard InChI is InChI=1S/C20H29N3OS/c1-3-4-10-16-18(20-22-11-12-25-20)17(19(21)24)14(2)23(16)13-15-8-6-5-7-9-15/h11-12,15H,3-10,13H2,1-2H3,(H2,21,24). The molecule has 0 saturated heterocycles. The first-order chi connectivity index (χ1) is 12.1. The minimum Gasteiger partial charge on any atom is -0.366 e. The second-order valence-electron chi connectivity index (χ2n) is 7.20. The van der Waals surface area contributed by atoms with Crippen molar-refractivity contribution in [1.29, 1.82) is 0 Å². The van der Waals surface area contributed by atoms with Gasteiger partial charge in [0.05, 0.1) is 5.56 Å². The Hall–Kier alpha value is -1.62. The molecule has 0 radical (unpaired) electrons. The van der Waals surface area contributed by atoms with Gasteiger partial charge in [0.25, 0.3) is 5.91 Å². The van der Waals surface area contributed by atoms with Gasteiger partial charge < -0.3 is 10.3 Å². The lowest BCUT2D eigenvalue weighted by Gasteiger charge is -2.24. The fourth-order valence-electron chi connectivity index (χ4n) is 4.16. The quantitative estimate of drug-likeness (QED) is 0.761. The van der Waals surface area contributed by atoms with Gasteiger partial charge in [-0.3, -0.25) is 4.79 Å². The van der Waals surface area contributed by atoms with Gasteiger partial charge in [0.2, 0.25) is 0 Å². The average Bonchev–Trinajstić information content (AvgIpc) is 3.21. The van der Waals surface area contributed by atoms with Gasteiger partial charge in [0, 0.05) is 35.1 Å². The van der Waals surface area contributed by atoms with Crippen molar-refractivity contribution >= 4 is 17.2 Å². The molecular weight excluding hydrogens is 330 g/mol. The number of nitrogens with two attached hydrogens (primary N) is 1. The van der Waals surface area contributed by atoms with Crippen molar-refractivity contribution in [2.75, 3.05) is 0 Å². The van der Waals surface area contributed by atoms with Gasteiger partial charge in [0.15, 0.2) is 0 Å². The summed E-state index contributed by atoms with van der Waals surface area (Å²) < 4.78 is 2.39. The number of amides is 1. The molecule has 0 unspecified atom stereocenters. The minimum absolute atomic E-state index is 0.331. The lowest BCUT2D eigenvalue weighted by atomic mass is 9.89. The van der Waals surface area contributed by atoms with Crippen LogP contribution in [0.5, 0.6) is 0 Å². The lowest BCUT2D eigenvalue weighted by molar-refractivity contribution is 0.1000. The van der Waals surface area contributed by atoms with Gasteiger partial charge in [-0.15, -0.1) is 11.3 Å². The summed E-state index contributed by atoms with van der Waals surface area (Å²) in [5.74, 6) is 0.382. The second kappa shape index (κ2) is 8.17. The fourth-order valence-corrected chi connectivity index (χ4v) is 4.87. The van der Waals surface area contributed by atoms with E-state index in [1.807, 2.05) is 11.6 Å². The number of primary amides is 1. The number of hydrogen-bond donors (Lipinski definition) is 1. The Morgan fingerprint density at radius 1 is 1.36 bits per heavy atom. The van der Waals surface area contributed by atoms with Crippen LogP contribution in [0.3, 0.4) is 0 Å². The minimum atomic E-state index is -0.331. The number of carbonyl (C=O) groups excluding carboxylic acids is 1. The van der Waals surface area contributed by atoms with E-state index in [-0.39, 0.29) is 5.91 Å². The maximum absolute atomic E-state index is 12.3. The molecule has 0 spiro atoms. The normalized spacial score (nSPS) is 15.6. The molecule has 0 aliphatic heterocycles. The molecule has 0 bridgehead atoms. The van der Waals surface area contributed by atoms with E-state index < -0.39 is 0 Å². The monoisotopic (exact) mass is 359 g/mol. The molecule has 4 nitrogen and oxygen atoms in total. The zero-order valence-electron chi connectivity index (χ0n) is 15.4. The highest BCUT2D eigenvalue weighted by Gasteiger charge is 2.27. The number of rotatable bonds is 7. The first kappa shape index (κ1) is 18.2. The molecule has 2 heterocycles. The number of nitrogens with zero attached hydrogens (tertiary/aromatic N) is 2. The smallest absolute Gasteiger partial charge is 0.251 e. The molecule has 1 aliphatic rings. The van der Waals surface area contributed by atoms with Crippen molar-refractivity contribution < 1.29 is 4.79 Å². The number of carbonyl (C=O) groups is 1. The van der Waals surface area contributed by atoms with E-state index in [0.717, 1.165) is 42.1 Å². The highest BCUT2D eigenvalue weighted by molar-refractivity contribution is 7.13. The predicted molar refractivity (Wildman–Crippen MR) is 104 cm³/mol. The summed E-state index contributed by atoms with van der Waals surface area (Å²) in [5, 5.41) is 2.89. The molecule has 25 heavy (non-hydrogen) atoms. The number of hydrogen-bond acceptors (Lipinski definition) is 3. The summed E-state index contributed by atoms with van der Waals surface area (Å²) in [6.45, 7) is 5.27. The Kier molecular flexibility index (Phi) is 5.94. The van der Waals surface area contributed by atoms with Crippen LogP contribution in [0.2, 0.25) is 0 Å². The summed E-state index contributed by atoms with van der Waals surface area (Å²) in [7, 11) is 0. The van der Waals surface area contributed by atoms with Crippen molar-refractivity contribution in [2.45, 2.75) is 71.8 Å². The summed E-state index contributed by atoms with van der Waals surface area (Å²) in [5.41, 5.74) is 9.74. The van der Waals surface area contributed by atoms with E-state index in [4.69, 9.17) is 5.73 Å². The number of thiazole rings is 1. The van der Waals surface area contributed by atoms with Crippen LogP contribution in [0.25, 0.3) is 10.6 Å². The molecule has 136 valence electrons. The predicted octanol–water partition coefficient (Wildman–Crippen LogP) is 4.94. The van der Waals surface area contributed by atoms with E-state index in [1.165, 1.54) is 37.8 Å². The van der Waals surface area contributed by atoms with Crippen LogP contribution >= 0.6 is 11.3 Å². The Balaban J connectivity index is 2.08. The van der Waals surface area contributed by atoms with Crippen molar-refractivity contribution in [3.63, 3.8) is 0 Å². The Morgan fingerprint density at radius 2 is 2.12 bits per heavy atom. The number of aromatic nitrogens is 2. The van der Waals surface area contributed by atoms with Gasteiger partial charge in [-0.25, -0.2) is 4.98 Å². The van der Waals surface area contributed by atoms with Crippen LogP contribution in [0.4, 0.5) is 0 Å². The van der Waals surface area contributed by atoms with Gasteiger partial charge in [-0.05, 0) is 38.5 Å². The van der Waals surface area contributed by atoms with Crippen LogP contribution in [0, 0.1) is 12.8 Å². The topological polar surface area (TPSA) is 60.9 Å². The van der Waals surface area contributed by atoms with E-state index in [0.29, 0.717) is 11.5 Å². The molecule has 3 rings (SSSR count). The van der Waals surface area contributed by atoms with Crippen LogP contribution < -0.4 is 5.73 Å². The van der Waals surface area contributed by atoms with Gasteiger partial charge in [0.1, 0.15) is 5.01 Å². The molecule has 1 aliphatic carbocycles. The molecule has 1 fully saturated rings. The zero-order chi connectivity index (χ0) is 17.8. The molecule has 2 aromatic heterocycles. The highest BCUT2D eigenvalue weighted by atomic mass is 32.1. The van der Waals surface area contributed by atoms with Crippen molar-refractivity contribution in [2.24, 2.45) is 11.7 Å². The Bertz CT molecular complexity index is 712. The second-order valence-corrected chi connectivity index (χ2v) is 8.10. The molecule has 0 atom stereocenters. The maximum atomic E-state index is 12.3. The third kappa shape index (κ3) is 3.81. The molecule has 2 aromatic rings. The summed E-state index contributed by atoms with van der Waals surface area (Å²) in [4.78, 5) is 16.8. The third-order valence-corrected chi connectivity index (χ3v) is 6.25. The SMILES string of the molecule is CCCCc1c(-c2nccs2)c(C(N)=O)c(C)n1CC1CCCCC1. The largest absolute Gasteiger partial charge is 0.366 e. The summed E-state index contributed by atoms with van der Waals surface area (Å²) >= 11 is 1.59. The molecule has 5 heteroatoms.